The zero-order chi connectivity index (χ0) is 10.0. The largest absolute Gasteiger partial charge is 0.481 e. The van der Waals surface area contributed by atoms with Crippen LogP contribution in [0.2, 0.25) is 0 Å². The third-order valence-electron chi connectivity index (χ3n) is 4.28. The van der Waals surface area contributed by atoms with Crippen molar-refractivity contribution in [3.63, 3.8) is 0 Å². The highest BCUT2D eigenvalue weighted by Crippen LogP contribution is 2.60. The number of ether oxygens (including phenoxy) is 1. The van der Waals surface area contributed by atoms with E-state index in [1.54, 1.807) is 0 Å². The third-order valence-corrected chi connectivity index (χ3v) is 4.28. The van der Waals surface area contributed by atoms with E-state index < -0.39 is 11.9 Å². The number of hydrogen-bond donors (Lipinski definition) is 1. The summed E-state index contributed by atoms with van der Waals surface area (Å²) in [6.45, 7) is 2.00. The van der Waals surface area contributed by atoms with Crippen molar-refractivity contribution >= 4 is 11.9 Å². The van der Waals surface area contributed by atoms with Crippen LogP contribution in [0.5, 0.6) is 0 Å². The Bertz CT molecular complexity index is 324. The van der Waals surface area contributed by atoms with Crippen molar-refractivity contribution in [2.45, 2.75) is 19.4 Å². The number of aliphatic carboxylic acids is 1. The lowest BCUT2D eigenvalue weighted by Gasteiger charge is -2.26. The van der Waals surface area contributed by atoms with Crippen LogP contribution in [0.15, 0.2) is 0 Å². The van der Waals surface area contributed by atoms with E-state index in [1.165, 1.54) is 0 Å². The van der Waals surface area contributed by atoms with Gasteiger partial charge in [0.2, 0.25) is 0 Å². The summed E-state index contributed by atoms with van der Waals surface area (Å²) in [5.74, 6) is -1.38. The van der Waals surface area contributed by atoms with Crippen LogP contribution in [0.3, 0.4) is 0 Å². The molecule has 3 aliphatic rings. The fourth-order valence-corrected chi connectivity index (χ4v) is 3.72. The van der Waals surface area contributed by atoms with Gasteiger partial charge in [-0.2, -0.15) is 0 Å². The lowest BCUT2D eigenvalue weighted by Crippen LogP contribution is -2.36. The molecule has 14 heavy (non-hydrogen) atoms. The van der Waals surface area contributed by atoms with E-state index in [1.807, 2.05) is 6.92 Å². The van der Waals surface area contributed by atoms with E-state index in [2.05, 4.69) is 0 Å². The molecule has 5 unspecified atom stereocenters. The van der Waals surface area contributed by atoms with Crippen LogP contribution < -0.4 is 0 Å². The van der Waals surface area contributed by atoms with E-state index >= 15 is 0 Å². The van der Waals surface area contributed by atoms with Crippen molar-refractivity contribution < 1.29 is 19.4 Å². The molecule has 4 nitrogen and oxygen atoms in total. The van der Waals surface area contributed by atoms with Crippen molar-refractivity contribution in [1.29, 1.82) is 0 Å². The Morgan fingerprint density at radius 2 is 2.21 bits per heavy atom. The fraction of sp³-hybridized carbons (Fsp3) is 0.800. The minimum atomic E-state index is -0.827. The Hall–Kier alpha value is -1.06. The molecule has 1 N–H and O–H groups in total. The fourth-order valence-electron chi connectivity index (χ4n) is 3.72. The number of fused-ring (bicyclic) bond motifs is 1. The van der Waals surface area contributed by atoms with Crippen molar-refractivity contribution in [3.05, 3.63) is 0 Å². The number of esters is 1. The molecule has 6 atom stereocenters. The van der Waals surface area contributed by atoms with E-state index in [9.17, 15) is 9.59 Å². The molecule has 1 aliphatic heterocycles. The molecule has 0 spiro atoms. The summed E-state index contributed by atoms with van der Waals surface area (Å²) in [5.41, 5.74) is 0. The molecule has 0 aromatic carbocycles. The summed E-state index contributed by atoms with van der Waals surface area (Å²) in [6.07, 6.45) is 0.868. The summed E-state index contributed by atoms with van der Waals surface area (Å²) in [4.78, 5) is 22.5. The van der Waals surface area contributed by atoms with Gasteiger partial charge in [0, 0.05) is 5.92 Å². The van der Waals surface area contributed by atoms with Crippen LogP contribution >= 0.6 is 0 Å². The zero-order valence-corrected chi connectivity index (χ0v) is 7.84. The zero-order valence-electron chi connectivity index (χ0n) is 7.84. The summed E-state index contributed by atoms with van der Waals surface area (Å²) < 4.78 is 5.23. The molecule has 2 bridgehead atoms. The van der Waals surface area contributed by atoms with E-state index in [4.69, 9.17) is 9.84 Å². The maximum absolute atomic E-state index is 11.5. The van der Waals surface area contributed by atoms with Gasteiger partial charge in [0.05, 0.1) is 11.8 Å². The van der Waals surface area contributed by atoms with Gasteiger partial charge in [0.15, 0.2) is 0 Å². The molecule has 1 saturated heterocycles. The van der Waals surface area contributed by atoms with Gasteiger partial charge >= 0.3 is 11.9 Å². The number of hydrogen-bond acceptors (Lipinski definition) is 3. The molecule has 3 rings (SSSR count). The molecule has 2 aliphatic carbocycles. The number of carboxylic acid groups (broad SMARTS) is 1. The van der Waals surface area contributed by atoms with E-state index in [0.29, 0.717) is 0 Å². The Kier molecular flexibility index (Phi) is 1.36. The molecule has 1 heterocycles. The second kappa shape index (κ2) is 2.30. The van der Waals surface area contributed by atoms with E-state index in [0.717, 1.165) is 6.42 Å². The van der Waals surface area contributed by atoms with Crippen LogP contribution in [0.1, 0.15) is 13.3 Å². The summed E-state index contributed by atoms with van der Waals surface area (Å²) >= 11 is 0. The van der Waals surface area contributed by atoms with Crippen LogP contribution in [0.4, 0.5) is 0 Å². The molecule has 2 saturated carbocycles. The van der Waals surface area contributed by atoms with Crippen molar-refractivity contribution in [2.75, 3.05) is 0 Å². The monoisotopic (exact) mass is 196 g/mol. The van der Waals surface area contributed by atoms with Crippen LogP contribution in [0.25, 0.3) is 0 Å². The normalized spacial score (nSPS) is 53.6. The van der Waals surface area contributed by atoms with Gasteiger partial charge in [0.25, 0.3) is 0 Å². The maximum Gasteiger partial charge on any atom is 0.310 e. The summed E-state index contributed by atoms with van der Waals surface area (Å²) in [5, 5.41) is 9.08. The average molecular weight is 196 g/mol. The Balaban J connectivity index is 2.04. The van der Waals surface area contributed by atoms with Gasteiger partial charge < -0.3 is 9.84 Å². The Labute approximate surface area is 81.2 Å². The van der Waals surface area contributed by atoms with E-state index in [-0.39, 0.29) is 35.7 Å². The lowest BCUT2D eigenvalue weighted by atomic mass is 9.75. The second-order valence-corrected chi connectivity index (χ2v) is 4.71. The van der Waals surface area contributed by atoms with Crippen LogP contribution in [0, 0.1) is 29.6 Å². The minimum absolute atomic E-state index is 0.00750. The molecule has 0 aromatic rings. The summed E-state index contributed by atoms with van der Waals surface area (Å²) in [7, 11) is 0. The smallest absolute Gasteiger partial charge is 0.310 e. The number of carboxylic acids is 1. The van der Waals surface area contributed by atoms with Gasteiger partial charge in [0.1, 0.15) is 6.10 Å². The minimum Gasteiger partial charge on any atom is -0.481 e. The highest BCUT2D eigenvalue weighted by atomic mass is 16.6. The lowest BCUT2D eigenvalue weighted by molar-refractivity contribution is -0.151. The highest BCUT2D eigenvalue weighted by Gasteiger charge is 2.67. The molecule has 4 heteroatoms. The maximum atomic E-state index is 11.5. The first-order valence-corrected chi connectivity index (χ1v) is 5.04. The molecular weight excluding hydrogens is 184 g/mol. The number of carbonyl (C=O) groups is 2. The Morgan fingerprint density at radius 3 is 2.86 bits per heavy atom. The predicted octanol–water partition coefficient (Wildman–Crippen LogP) is 0.515. The molecule has 0 aromatic heterocycles. The SMILES string of the molecule is C[C@H]1C2CC3C(C(=O)OC31)C2C(=O)O. The first-order chi connectivity index (χ1) is 6.61. The van der Waals surface area contributed by atoms with Gasteiger partial charge in [-0.1, -0.05) is 6.92 Å². The first-order valence-electron chi connectivity index (χ1n) is 5.04. The molecule has 0 amide bonds. The third kappa shape index (κ3) is 0.713. The molecule has 3 fully saturated rings. The van der Waals surface area contributed by atoms with Gasteiger partial charge in [-0.15, -0.1) is 0 Å². The first kappa shape index (κ1) is 8.26. The van der Waals surface area contributed by atoms with Crippen molar-refractivity contribution in [3.8, 4) is 0 Å². The number of rotatable bonds is 1. The molecule has 76 valence electrons. The van der Waals surface area contributed by atoms with Crippen LogP contribution in [-0.4, -0.2) is 23.1 Å². The van der Waals surface area contributed by atoms with Crippen molar-refractivity contribution in [1.82, 2.24) is 0 Å². The summed E-state index contributed by atoms with van der Waals surface area (Å²) in [6, 6.07) is 0. The standard InChI is InChI=1S/C10H12O4/c1-3-4-2-5-7(6(4)9(11)12)10(13)14-8(3)5/h3-8H,2H2,1H3,(H,11,12)/t3-,4?,5?,6?,7?,8?/m0/s1. The average Bonchev–Trinajstić information content (AvgIpc) is 2.67. The number of carbonyl (C=O) groups excluding carboxylic acids is 1. The van der Waals surface area contributed by atoms with Crippen LogP contribution in [-0.2, 0) is 14.3 Å². The quantitative estimate of drug-likeness (QED) is 0.621. The Morgan fingerprint density at radius 1 is 1.50 bits per heavy atom. The second-order valence-electron chi connectivity index (χ2n) is 4.71. The van der Waals surface area contributed by atoms with Gasteiger partial charge in [-0.05, 0) is 18.3 Å². The van der Waals surface area contributed by atoms with Gasteiger partial charge in [-0.3, -0.25) is 9.59 Å². The molecule has 0 radical (unpaired) electrons. The predicted molar refractivity (Wildman–Crippen MR) is 45.3 cm³/mol. The van der Waals surface area contributed by atoms with Crippen molar-refractivity contribution in [2.24, 2.45) is 29.6 Å². The topological polar surface area (TPSA) is 63.6 Å². The molecular formula is C10H12O4. The highest BCUT2D eigenvalue weighted by molar-refractivity contribution is 5.85. The van der Waals surface area contributed by atoms with Gasteiger partial charge in [-0.25, -0.2) is 0 Å².